The topological polar surface area (TPSA) is 78.4 Å². The van der Waals surface area contributed by atoms with Crippen LogP contribution in [-0.4, -0.2) is 29.1 Å². The summed E-state index contributed by atoms with van der Waals surface area (Å²) in [6.45, 7) is 11.4. The maximum Gasteiger partial charge on any atom is 0.325 e. The van der Waals surface area contributed by atoms with Crippen LogP contribution in [0, 0.1) is 13.8 Å². The molecule has 5 nitrogen and oxygen atoms in total. The number of nitrogens with one attached hydrogen (secondary N) is 2. The van der Waals surface area contributed by atoms with Gasteiger partial charge in [0, 0.05) is 17.3 Å². The first-order chi connectivity index (χ1) is 13.6. The summed E-state index contributed by atoms with van der Waals surface area (Å²) in [5.74, 6) is -1.44. The molecule has 0 aliphatic carbocycles. The summed E-state index contributed by atoms with van der Waals surface area (Å²) in [6, 6.07) is 12.0. The normalized spacial score (nSPS) is 12.6. The molecule has 0 spiro atoms. The number of rotatable bonds is 7. The second kappa shape index (κ2) is 9.41. The van der Waals surface area contributed by atoms with E-state index in [1.165, 1.54) is 6.92 Å². The van der Waals surface area contributed by atoms with Gasteiger partial charge in [-0.25, -0.2) is 0 Å². The molecule has 0 bridgehead atoms. The highest BCUT2D eigenvalue weighted by atomic mass is 16.4. The predicted molar refractivity (Wildman–Crippen MR) is 119 cm³/mol. The molecule has 0 heterocycles. The van der Waals surface area contributed by atoms with Gasteiger partial charge in [0.2, 0.25) is 5.91 Å². The van der Waals surface area contributed by atoms with Gasteiger partial charge < -0.3 is 15.7 Å². The molecule has 0 aliphatic heterocycles. The van der Waals surface area contributed by atoms with Gasteiger partial charge in [0.05, 0.1) is 0 Å². The second-order valence-corrected chi connectivity index (χ2v) is 7.76. The number of hydrogen-bond donors (Lipinski definition) is 3. The molecule has 1 atom stereocenters. The Morgan fingerprint density at radius 3 is 2.17 bits per heavy atom. The van der Waals surface area contributed by atoms with Crippen LogP contribution in [0.2, 0.25) is 0 Å². The number of aryl methyl sites for hydroxylation is 2. The maximum absolute atomic E-state index is 12.2. The third kappa shape index (κ3) is 5.95. The Morgan fingerprint density at radius 1 is 1.00 bits per heavy atom. The molecule has 0 saturated carbocycles. The van der Waals surface area contributed by atoms with Crippen LogP contribution in [0.25, 0.3) is 17.2 Å². The van der Waals surface area contributed by atoms with E-state index < -0.39 is 12.0 Å². The van der Waals surface area contributed by atoms with Gasteiger partial charge in [0.15, 0.2) is 0 Å². The minimum absolute atomic E-state index is 0.380. The monoisotopic (exact) mass is 394 g/mol. The lowest BCUT2D eigenvalue weighted by molar-refractivity contribution is -0.140. The van der Waals surface area contributed by atoms with Gasteiger partial charge in [-0.1, -0.05) is 24.3 Å². The van der Waals surface area contributed by atoms with E-state index in [-0.39, 0.29) is 5.91 Å². The fourth-order valence-electron chi connectivity index (χ4n) is 3.06. The lowest BCUT2D eigenvalue weighted by Crippen LogP contribution is -2.38. The summed E-state index contributed by atoms with van der Waals surface area (Å²) in [7, 11) is 0. The van der Waals surface area contributed by atoms with E-state index >= 15 is 0 Å². The van der Waals surface area contributed by atoms with Crippen molar-refractivity contribution in [2.24, 2.45) is 0 Å². The molecule has 2 rings (SSSR count). The minimum Gasteiger partial charge on any atom is -0.480 e. The van der Waals surface area contributed by atoms with Crippen molar-refractivity contribution in [2.45, 2.75) is 53.6 Å². The SMILES string of the molecule is C/C(=C\c1cc(C)c(-c2ccc(NC(C)C)cc2)cc1C)C(=O)N[C@@H](C)C(=O)O. The largest absolute Gasteiger partial charge is 0.480 e. The van der Waals surface area contributed by atoms with Gasteiger partial charge in [-0.05, 0) is 87.6 Å². The first-order valence-electron chi connectivity index (χ1n) is 9.78. The van der Waals surface area contributed by atoms with E-state index in [0.717, 1.165) is 33.5 Å². The Hall–Kier alpha value is -3.08. The molecular formula is C24H30N2O3. The van der Waals surface area contributed by atoms with Crippen LogP contribution < -0.4 is 10.6 Å². The van der Waals surface area contributed by atoms with Gasteiger partial charge in [0.25, 0.3) is 0 Å². The number of carboxylic acids is 1. The van der Waals surface area contributed by atoms with Crippen LogP contribution in [0.3, 0.4) is 0 Å². The highest BCUT2D eigenvalue weighted by molar-refractivity contribution is 5.99. The molecule has 0 radical (unpaired) electrons. The predicted octanol–water partition coefficient (Wildman–Crippen LogP) is 4.78. The van der Waals surface area contributed by atoms with Gasteiger partial charge in [-0.3, -0.25) is 9.59 Å². The molecule has 5 heteroatoms. The smallest absolute Gasteiger partial charge is 0.325 e. The molecule has 29 heavy (non-hydrogen) atoms. The lowest BCUT2D eigenvalue weighted by Gasteiger charge is -2.14. The average molecular weight is 395 g/mol. The standard InChI is InChI=1S/C24H30N2O3/c1-14(2)25-21-9-7-19(8-10-21)22-13-15(3)20(11-16(22)4)12-17(5)23(27)26-18(6)24(28)29/h7-14,18,25H,1-6H3,(H,26,27)(H,28,29)/b17-12+/t18-/m0/s1. The summed E-state index contributed by atoms with van der Waals surface area (Å²) in [5.41, 5.74) is 6.96. The molecule has 3 N–H and O–H groups in total. The fourth-order valence-corrected chi connectivity index (χ4v) is 3.06. The second-order valence-electron chi connectivity index (χ2n) is 7.76. The number of carbonyl (C=O) groups is 2. The molecule has 0 saturated heterocycles. The van der Waals surface area contributed by atoms with Crippen molar-refractivity contribution in [3.63, 3.8) is 0 Å². The third-order valence-corrected chi connectivity index (χ3v) is 4.71. The molecule has 0 fully saturated rings. The zero-order valence-electron chi connectivity index (χ0n) is 18.0. The molecule has 1 amide bonds. The van der Waals surface area contributed by atoms with E-state index in [4.69, 9.17) is 5.11 Å². The fraction of sp³-hybridized carbons (Fsp3) is 0.333. The van der Waals surface area contributed by atoms with Gasteiger partial charge in [-0.2, -0.15) is 0 Å². The van der Waals surface area contributed by atoms with Crippen molar-refractivity contribution in [3.8, 4) is 11.1 Å². The van der Waals surface area contributed by atoms with Gasteiger partial charge >= 0.3 is 5.97 Å². The van der Waals surface area contributed by atoms with Crippen LogP contribution in [0.15, 0.2) is 42.0 Å². The number of amides is 1. The van der Waals surface area contributed by atoms with Crippen molar-refractivity contribution in [3.05, 3.63) is 58.7 Å². The van der Waals surface area contributed by atoms with Crippen LogP contribution in [-0.2, 0) is 9.59 Å². The molecule has 0 aromatic heterocycles. The van der Waals surface area contributed by atoms with Gasteiger partial charge in [0.1, 0.15) is 6.04 Å². The Morgan fingerprint density at radius 2 is 1.62 bits per heavy atom. The van der Waals surface area contributed by atoms with E-state index in [2.05, 4.69) is 60.9 Å². The van der Waals surface area contributed by atoms with E-state index in [1.54, 1.807) is 13.0 Å². The van der Waals surface area contributed by atoms with Crippen molar-refractivity contribution < 1.29 is 14.7 Å². The summed E-state index contributed by atoms with van der Waals surface area (Å²) in [5, 5.41) is 14.8. The molecule has 2 aromatic rings. The summed E-state index contributed by atoms with van der Waals surface area (Å²) in [4.78, 5) is 23.1. The minimum atomic E-state index is -1.06. The van der Waals surface area contributed by atoms with Crippen molar-refractivity contribution in [1.82, 2.24) is 5.32 Å². The van der Waals surface area contributed by atoms with Crippen LogP contribution in [0.5, 0.6) is 0 Å². The third-order valence-electron chi connectivity index (χ3n) is 4.71. The first-order valence-corrected chi connectivity index (χ1v) is 9.78. The number of carbonyl (C=O) groups excluding carboxylic acids is 1. The summed E-state index contributed by atoms with van der Waals surface area (Å²) >= 11 is 0. The van der Waals surface area contributed by atoms with E-state index in [9.17, 15) is 9.59 Å². The zero-order chi connectivity index (χ0) is 21.7. The van der Waals surface area contributed by atoms with Crippen molar-refractivity contribution >= 4 is 23.6 Å². The van der Waals surface area contributed by atoms with Crippen molar-refractivity contribution in [1.29, 1.82) is 0 Å². The molecular weight excluding hydrogens is 364 g/mol. The summed E-state index contributed by atoms with van der Waals surface area (Å²) < 4.78 is 0. The quantitative estimate of drug-likeness (QED) is 0.590. The van der Waals surface area contributed by atoms with E-state index in [1.807, 2.05) is 13.8 Å². The Balaban J connectivity index is 2.27. The van der Waals surface area contributed by atoms with Crippen LogP contribution >= 0.6 is 0 Å². The molecule has 154 valence electrons. The highest BCUT2D eigenvalue weighted by Gasteiger charge is 2.15. The van der Waals surface area contributed by atoms with Gasteiger partial charge in [-0.15, -0.1) is 0 Å². The number of benzene rings is 2. The number of aliphatic carboxylic acids is 1. The Bertz CT molecular complexity index is 928. The first kappa shape index (κ1) is 22.2. The molecule has 0 unspecified atom stereocenters. The maximum atomic E-state index is 12.2. The highest BCUT2D eigenvalue weighted by Crippen LogP contribution is 2.29. The summed E-state index contributed by atoms with van der Waals surface area (Å²) in [6.07, 6.45) is 1.80. The average Bonchev–Trinajstić information content (AvgIpc) is 2.64. The Labute approximate surface area is 172 Å². The van der Waals surface area contributed by atoms with Crippen LogP contribution in [0.1, 0.15) is 44.4 Å². The lowest BCUT2D eigenvalue weighted by atomic mass is 9.94. The van der Waals surface area contributed by atoms with E-state index in [0.29, 0.717) is 11.6 Å². The zero-order valence-corrected chi connectivity index (χ0v) is 18.0. The number of carboxylic acid groups (broad SMARTS) is 1. The van der Waals surface area contributed by atoms with Crippen LogP contribution in [0.4, 0.5) is 5.69 Å². The Kier molecular flexibility index (Phi) is 7.21. The number of anilines is 1. The molecule has 0 aliphatic rings. The number of hydrogen-bond acceptors (Lipinski definition) is 3. The molecule has 2 aromatic carbocycles. The van der Waals surface area contributed by atoms with Crippen molar-refractivity contribution in [2.75, 3.05) is 5.32 Å².